The summed E-state index contributed by atoms with van der Waals surface area (Å²) >= 11 is 0. The van der Waals surface area contributed by atoms with E-state index in [1.165, 1.54) is 25.0 Å². The van der Waals surface area contributed by atoms with E-state index in [2.05, 4.69) is 30.8 Å². The standard InChI is InChI=1S/C10H20N2/c1-9(2)8-12(3)10-5-4-6-11-7-10/h10-11H,1,4-8H2,2-3H3. The van der Waals surface area contributed by atoms with Gasteiger partial charge in [0.2, 0.25) is 0 Å². The highest BCUT2D eigenvalue weighted by Gasteiger charge is 2.16. The summed E-state index contributed by atoms with van der Waals surface area (Å²) in [5, 5.41) is 3.42. The molecule has 1 N–H and O–H groups in total. The number of hydrogen-bond donors (Lipinski definition) is 1. The molecule has 1 rings (SSSR count). The average molecular weight is 168 g/mol. The highest BCUT2D eigenvalue weighted by molar-refractivity contribution is 4.93. The molecule has 1 fully saturated rings. The Balaban J connectivity index is 2.29. The van der Waals surface area contributed by atoms with Crippen LogP contribution < -0.4 is 5.32 Å². The molecule has 0 radical (unpaired) electrons. The van der Waals surface area contributed by atoms with Crippen LogP contribution in [0.5, 0.6) is 0 Å². The normalized spacial score (nSPS) is 24.4. The summed E-state index contributed by atoms with van der Waals surface area (Å²) < 4.78 is 0. The number of nitrogens with one attached hydrogen (secondary N) is 1. The van der Waals surface area contributed by atoms with Gasteiger partial charge in [0.05, 0.1) is 0 Å². The first kappa shape index (κ1) is 9.75. The van der Waals surface area contributed by atoms with Crippen molar-refractivity contribution < 1.29 is 0 Å². The molecule has 0 bridgehead atoms. The molecule has 0 aromatic rings. The lowest BCUT2D eigenvalue weighted by Crippen LogP contribution is -2.44. The molecular formula is C10H20N2. The monoisotopic (exact) mass is 168 g/mol. The van der Waals surface area contributed by atoms with Crippen molar-refractivity contribution in [2.75, 3.05) is 26.7 Å². The van der Waals surface area contributed by atoms with Gasteiger partial charge >= 0.3 is 0 Å². The molecular weight excluding hydrogens is 148 g/mol. The van der Waals surface area contributed by atoms with Crippen LogP contribution in [0.1, 0.15) is 19.8 Å². The number of likely N-dealkylation sites (N-methyl/N-ethyl adjacent to an activating group) is 1. The molecule has 1 atom stereocenters. The quantitative estimate of drug-likeness (QED) is 0.638. The van der Waals surface area contributed by atoms with Crippen LogP contribution in [-0.2, 0) is 0 Å². The van der Waals surface area contributed by atoms with E-state index in [0.717, 1.165) is 19.1 Å². The topological polar surface area (TPSA) is 15.3 Å². The van der Waals surface area contributed by atoms with Crippen molar-refractivity contribution in [1.82, 2.24) is 10.2 Å². The maximum atomic E-state index is 3.93. The first-order valence-corrected chi connectivity index (χ1v) is 4.75. The Labute approximate surface area is 75.6 Å². The van der Waals surface area contributed by atoms with Crippen LogP contribution >= 0.6 is 0 Å². The van der Waals surface area contributed by atoms with Crippen LogP contribution in [-0.4, -0.2) is 37.6 Å². The second-order valence-corrected chi connectivity index (χ2v) is 3.87. The number of nitrogens with zero attached hydrogens (tertiary/aromatic N) is 1. The van der Waals surface area contributed by atoms with Gasteiger partial charge in [-0.05, 0) is 33.4 Å². The summed E-state index contributed by atoms with van der Waals surface area (Å²) in [5.74, 6) is 0. The smallest absolute Gasteiger partial charge is 0.0221 e. The van der Waals surface area contributed by atoms with Crippen molar-refractivity contribution >= 4 is 0 Å². The number of hydrogen-bond acceptors (Lipinski definition) is 2. The molecule has 0 aromatic carbocycles. The summed E-state index contributed by atoms with van der Waals surface area (Å²) in [6.45, 7) is 9.39. The van der Waals surface area contributed by atoms with Crippen LogP contribution in [0.15, 0.2) is 12.2 Å². The molecule has 1 saturated heterocycles. The second-order valence-electron chi connectivity index (χ2n) is 3.87. The van der Waals surface area contributed by atoms with Crippen LogP contribution in [0.4, 0.5) is 0 Å². The van der Waals surface area contributed by atoms with Gasteiger partial charge in [-0.15, -0.1) is 0 Å². The van der Waals surface area contributed by atoms with E-state index in [4.69, 9.17) is 0 Å². The SMILES string of the molecule is C=C(C)CN(C)C1CCCNC1. The Hall–Kier alpha value is -0.340. The molecule has 1 aliphatic rings. The first-order chi connectivity index (χ1) is 5.70. The van der Waals surface area contributed by atoms with Gasteiger partial charge in [-0.3, -0.25) is 4.90 Å². The van der Waals surface area contributed by atoms with Gasteiger partial charge in [-0.2, -0.15) is 0 Å². The molecule has 12 heavy (non-hydrogen) atoms. The largest absolute Gasteiger partial charge is 0.315 e. The van der Waals surface area contributed by atoms with Crippen molar-refractivity contribution in [1.29, 1.82) is 0 Å². The average Bonchev–Trinajstić information content (AvgIpc) is 2.05. The Kier molecular flexibility index (Phi) is 3.76. The van der Waals surface area contributed by atoms with Crippen LogP contribution in [0, 0.1) is 0 Å². The minimum Gasteiger partial charge on any atom is -0.315 e. The van der Waals surface area contributed by atoms with Gasteiger partial charge in [0.1, 0.15) is 0 Å². The molecule has 2 nitrogen and oxygen atoms in total. The molecule has 0 spiro atoms. The van der Waals surface area contributed by atoms with Crippen molar-refractivity contribution in [2.24, 2.45) is 0 Å². The molecule has 0 aliphatic carbocycles. The maximum absolute atomic E-state index is 3.93. The van der Waals surface area contributed by atoms with Gasteiger partial charge in [0.15, 0.2) is 0 Å². The molecule has 70 valence electrons. The zero-order valence-electron chi connectivity index (χ0n) is 8.27. The van der Waals surface area contributed by atoms with Crippen LogP contribution in [0.25, 0.3) is 0 Å². The zero-order chi connectivity index (χ0) is 8.97. The molecule has 0 aromatic heterocycles. The minimum absolute atomic E-state index is 0.718. The summed E-state index contributed by atoms with van der Waals surface area (Å²) in [6.07, 6.45) is 2.64. The fourth-order valence-corrected chi connectivity index (χ4v) is 1.76. The van der Waals surface area contributed by atoms with Crippen molar-refractivity contribution in [3.63, 3.8) is 0 Å². The molecule has 1 unspecified atom stereocenters. The van der Waals surface area contributed by atoms with Crippen molar-refractivity contribution in [3.8, 4) is 0 Å². The second kappa shape index (κ2) is 4.63. The van der Waals surface area contributed by atoms with E-state index >= 15 is 0 Å². The zero-order valence-corrected chi connectivity index (χ0v) is 8.27. The lowest BCUT2D eigenvalue weighted by atomic mass is 10.1. The Morgan fingerprint density at radius 2 is 2.42 bits per heavy atom. The molecule has 0 saturated carbocycles. The van der Waals surface area contributed by atoms with E-state index in [9.17, 15) is 0 Å². The van der Waals surface area contributed by atoms with Gasteiger partial charge in [-0.25, -0.2) is 0 Å². The maximum Gasteiger partial charge on any atom is 0.0221 e. The minimum atomic E-state index is 0.718. The van der Waals surface area contributed by atoms with E-state index in [-0.39, 0.29) is 0 Å². The lowest BCUT2D eigenvalue weighted by Gasteiger charge is -2.31. The fraction of sp³-hybridized carbons (Fsp3) is 0.800. The molecule has 1 heterocycles. The van der Waals surface area contributed by atoms with E-state index < -0.39 is 0 Å². The predicted octanol–water partition coefficient (Wildman–Crippen LogP) is 1.25. The summed E-state index contributed by atoms with van der Waals surface area (Å²) in [6, 6.07) is 0.718. The number of piperidine rings is 1. The predicted molar refractivity (Wildman–Crippen MR) is 53.3 cm³/mol. The van der Waals surface area contributed by atoms with Crippen LogP contribution in [0.3, 0.4) is 0 Å². The summed E-state index contributed by atoms with van der Waals surface area (Å²) in [4.78, 5) is 2.40. The van der Waals surface area contributed by atoms with Crippen molar-refractivity contribution in [3.05, 3.63) is 12.2 Å². The third-order valence-corrected chi connectivity index (χ3v) is 2.41. The van der Waals surface area contributed by atoms with Crippen molar-refractivity contribution in [2.45, 2.75) is 25.8 Å². The highest BCUT2D eigenvalue weighted by atomic mass is 15.2. The lowest BCUT2D eigenvalue weighted by molar-refractivity contribution is 0.218. The Morgan fingerprint density at radius 1 is 1.67 bits per heavy atom. The van der Waals surface area contributed by atoms with Gasteiger partial charge < -0.3 is 5.32 Å². The van der Waals surface area contributed by atoms with Gasteiger partial charge in [-0.1, -0.05) is 12.2 Å². The van der Waals surface area contributed by atoms with Gasteiger partial charge in [0.25, 0.3) is 0 Å². The Bertz CT molecular complexity index is 148. The molecule has 0 amide bonds. The molecule has 1 aliphatic heterocycles. The van der Waals surface area contributed by atoms with E-state index in [1.807, 2.05) is 0 Å². The summed E-state index contributed by atoms with van der Waals surface area (Å²) in [7, 11) is 2.19. The van der Waals surface area contributed by atoms with E-state index in [0.29, 0.717) is 0 Å². The highest BCUT2D eigenvalue weighted by Crippen LogP contribution is 2.09. The van der Waals surface area contributed by atoms with Gasteiger partial charge in [0, 0.05) is 19.1 Å². The number of rotatable bonds is 3. The Morgan fingerprint density at radius 3 is 2.92 bits per heavy atom. The van der Waals surface area contributed by atoms with E-state index in [1.54, 1.807) is 0 Å². The summed E-state index contributed by atoms with van der Waals surface area (Å²) in [5.41, 5.74) is 1.25. The van der Waals surface area contributed by atoms with Crippen LogP contribution in [0.2, 0.25) is 0 Å². The third kappa shape index (κ3) is 2.95. The third-order valence-electron chi connectivity index (χ3n) is 2.41. The fourth-order valence-electron chi connectivity index (χ4n) is 1.76. The first-order valence-electron chi connectivity index (χ1n) is 4.75. The molecule has 2 heteroatoms.